The Morgan fingerprint density at radius 1 is 1.11 bits per heavy atom. The zero-order valence-electron chi connectivity index (χ0n) is 10.3. The summed E-state index contributed by atoms with van der Waals surface area (Å²) >= 11 is 3.02. The number of aliphatic hydroxyl groups is 1. The molecule has 4 heteroatoms. The summed E-state index contributed by atoms with van der Waals surface area (Å²) in [5.41, 5.74) is -0.832. The van der Waals surface area contributed by atoms with Gasteiger partial charge < -0.3 is 5.11 Å². The van der Waals surface area contributed by atoms with Gasteiger partial charge >= 0.3 is 0 Å². The van der Waals surface area contributed by atoms with E-state index in [1.807, 2.05) is 6.07 Å². The summed E-state index contributed by atoms with van der Waals surface area (Å²) in [5.74, 6) is -1.33. The van der Waals surface area contributed by atoms with Crippen molar-refractivity contribution in [1.82, 2.24) is 0 Å². The summed E-state index contributed by atoms with van der Waals surface area (Å²) in [7, 11) is 0. The van der Waals surface area contributed by atoms with Crippen LogP contribution in [-0.2, 0) is 12.0 Å². The van der Waals surface area contributed by atoms with Crippen molar-refractivity contribution in [2.75, 3.05) is 0 Å². The Hall–Kier alpha value is -1.26. The Morgan fingerprint density at radius 2 is 1.74 bits per heavy atom. The number of halogens is 3. The minimum absolute atomic E-state index is 0.122. The highest BCUT2D eigenvalue weighted by molar-refractivity contribution is 9.10. The van der Waals surface area contributed by atoms with Crippen LogP contribution in [0.5, 0.6) is 0 Å². The fourth-order valence-electron chi connectivity index (χ4n) is 1.97. The first kappa shape index (κ1) is 14.2. The van der Waals surface area contributed by atoms with Crippen LogP contribution in [0.1, 0.15) is 18.1 Å². The molecule has 0 amide bonds. The Bertz CT molecular complexity index is 582. The number of hydrogen-bond acceptors (Lipinski definition) is 1. The molecule has 0 aromatic heterocycles. The maximum atomic E-state index is 13.9. The number of hydrogen-bond donors (Lipinski definition) is 1. The van der Waals surface area contributed by atoms with E-state index >= 15 is 0 Å². The van der Waals surface area contributed by atoms with Gasteiger partial charge in [0.25, 0.3) is 0 Å². The van der Waals surface area contributed by atoms with Gasteiger partial charge in [-0.2, -0.15) is 0 Å². The van der Waals surface area contributed by atoms with Gasteiger partial charge in [-0.05, 0) is 40.5 Å². The highest BCUT2D eigenvalue weighted by Gasteiger charge is 2.27. The quantitative estimate of drug-likeness (QED) is 0.839. The molecule has 100 valence electrons. The van der Waals surface area contributed by atoms with Crippen molar-refractivity contribution in [3.05, 3.63) is 69.7 Å². The zero-order valence-corrected chi connectivity index (χ0v) is 11.9. The minimum Gasteiger partial charge on any atom is -0.385 e. The SMILES string of the molecule is CC(O)(Cc1c(F)ccc(Br)c1F)c1ccccc1. The van der Waals surface area contributed by atoms with Crippen LogP contribution < -0.4 is 0 Å². The van der Waals surface area contributed by atoms with Gasteiger partial charge in [-0.3, -0.25) is 0 Å². The average Bonchev–Trinajstić information content (AvgIpc) is 2.40. The zero-order chi connectivity index (χ0) is 14.0. The topological polar surface area (TPSA) is 20.2 Å². The van der Waals surface area contributed by atoms with Crippen LogP contribution in [0.2, 0.25) is 0 Å². The van der Waals surface area contributed by atoms with E-state index in [-0.39, 0.29) is 16.5 Å². The van der Waals surface area contributed by atoms with Crippen LogP contribution in [0.4, 0.5) is 8.78 Å². The lowest BCUT2D eigenvalue weighted by Gasteiger charge is -2.24. The summed E-state index contributed by atoms with van der Waals surface area (Å²) in [6, 6.07) is 11.3. The predicted molar refractivity (Wildman–Crippen MR) is 73.8 cm³/mol. The molecule has 2 aromatic carbocycles. The maximum Gasteiger partial charge on any atom is 0.143 e. The molecule has 0 aliphatic carbocycles. The van der Waals surface area contributed by atoms with Crippen molar-refractivity contribution in [2.45, 2.75) is 18.9 Å². The molecule has 0 aliphatic rings. The van der Waals surface area contributed by atoms with Gasteiger partial charge in [-0.15, -0.1) is 0 Å². The van der Waals surface area contributed by atoms with Crippen LogP contribution in [0.25, 0.3) is 0 Å². The van der Waals surface area contributed by atoms with Crippen LogP contribution in [0.15, 0.2) is 46.9 Å². The monoisotopic (exact) mass is 326 g/mol. The van der Waals surface area contributed by atoms with Gasteiger partial charge in [0.1, 0.15) is 11.6 Å². The van der Waals surface area contributed by atoms with E-state index in [4.69, 9.17) is 0 Å². The van der Waals surface area contributed by atoms with Crippen LogP contribution in [-0.4, -0.2) is 5.11 Å². The van der Waals surface area contributed by atoms with Crippen molar-refractivity contribution < 1.29 is 13.9 Å². The van der Waals surface area contributed by atoms with Gasteiger partial charge in [0.05, 0.1) is 10.1 Å². The van der Waals surface area contributed by atoms with Crippen molar-refractivity contribution in [1.29, 1.82) is 0 Å². The average molecular weight is 327 g/mol. The van der Waals surface area contributed by atoms with E-state index < -0.39 is 17.2 Å². The van der Waals surface area contributed by atoms with E-state index in [1.165, 1.54) is 12.1 Å². The van der Waals surface area contributed by atoms with E-state index in [0.717, 1.165) is 0 Å². The lowest BCUT2D eigenvalue weighted by atomic mass is 9.89. The van der Waals surface area contributed by atoms with Crippen LogP contribution >= 0.6 is 15.9 Å². The molecule has 0 fully saturated rings. The van der Waals surface area contributed by atoms with Gasteiger partial charge in [0.15, 0.2) is 0 Å². The first-order valence-electron chi connectivity index (χ1n) is 5.82. The van der Waals surface area contributed by atoms with Gasteiger partial charge in [-0.1, -0.05) is 30.3 Å². The molecule has 2 aromatic rings. The molecular formula is C15H13BrF2O. The molecule has 0 saturated heterocycles. The van der Waals surface area contributed by atoms with Crippen molar-refractivity contribution in [3.8, 4) is 0 Å². The third kappa shape index (κ3) is 3.01. The van der Waals surface area contributed by atoms with Crippen molar-refractivity contribution >= 4 is 15.9 Å². The molecule has 0 bridgehead atoms. The molecule has 1 N–H and O–H groups in total. The Labute approximate surface area is 119 Å². The molecule has 1 atom stereocenters. The Morgan fingerprint density at radius 3 is 2.37 bits per heavy atom. The maximum absolute atomic E-state index is 13.9. The third-order valence-electron chi connectivity index (χ3n) is 3.06. The largest absolute Gasteiger partial charge is 0.385 e. The molecule has 19 heavy (non-hydrogen) atoms. The first-order chi connectivity index (χ1) is 8.92. The summed E-state index contributed by atoms with van der Waals surface area (Å²) in [6.45, 7) is 1.54. The van der Waals surface area contributed by atoms with E-state index in [0.29, 0.717) is 5.56 Å². The second-order valence-corrected chi connectivity index (χ2v) is 5.49. The summed E-state index contributed by atoms with van der Waals surface area (Å²) in [6.07, 6.45) is -0.131. The summed E-state index contributed by atoms with van der Waals surface area (Å²) in [4.78, 5) is 0. The van der Waals surface area contributed by atoms with E-state index in [2.05, 4.69) is 15.9 Å². The van der Waals surface area contributed by atoms with E-state index in [1.54, 1.807) is 31.2 Å². The highest BCUT2D eigenvalue weighted by Crippen LogP contribution is 2.30. The molecular weight excluding hydrogens is 314 g/mol. The molecule has 0 aliphatic heterocycles. The van der Waals surface area contributed by atoms with Crippen LogP contribution in [0, 0.1) is 11.6 Å². The summed E-state index contributed by atoms with van der Waals surface area (Å²) < 4.78 is 27.8. The van der Waals surface area contributed by atoms with Gasteiger partial charge in [0.2, 0.25) is 0 Å². The molecule has 0 spiro atoms. The standard InChI is InChI=1S/C15H13BrF2O/c1-15(19,10-5-3-2-4-6-10)9-11-13(17)8-7-12(16)14(11)18/h2-8,19H,9H2,1H3. The molecule has 2 rings (SSSR count). The third-order valence-corrected chi connectivity index (χ3v) is 3.67. The second-order valence-electron chi connectivity index (χ2n) is 4.64. The second kappa shape index (κ2) is 5.39. The lowest BCUT2D eigenvalue weighted by molar-refractivity contribution is 0.0556. The number of benzene rings is 2. The van der Waals surface area contributed by atoms with E-state index in [9.17, 15) is 13.9 Å². The number of rotatable bonds is 3. The molecule has 1 nitrogen and oxygen atoms in total. The fraction of sp³-hybridized carbons (Fsp3) is 0.200. The minimum atomic E-state index is -1.33. The van der Waals surface area contributed by atoms with Crippen molar-refractivity contribution in [3.63, 3.8) is 0 Å². The first-order valence-corrected chi connectivity index (χ1v) is 6.61. The lowest BCUT2D eigenvalue weighted by Crippen LogP contribution is -2.25. The molecule has 0 heterocycles. The van der Waals surface area contributed by atoms with Crippen molar-refractivity contribution in [2.24, 2.45) is 0 Å². The predicted octanol–water partition coefficient (Wildman–Crippen LogP) is 4.18. The van der Waals surface area contributed by atoms with Gasteiger partial charge in [0, 0.05) is 12.0 Å². The molecule has 0 radical (unpaired) electrons. The van der Waals surface area contributed by atoms with Crippen LogP contribution in [0.3, 0.4) is 0 Å². The Kier molecular flexibility index (Phi) is 4.02. The smallest absolute Gasteiger partial charge is 0.143 e. The Balaban J connectivity index is 2.39. The molecule has 0 saturated carbocycles. The summed E-state index contributed by atoms with van der Waals surface area (Å²) in [5, 5.41) is 10.4. The fourth-order valence-corrected chi connectivity index (χ4v) is 2.35. The normalized spacial score (nSPS) is 14.2. The highest BCUT2D eigenvalue weighted by atomic mass is 79.9. The molecule has 1 unspecified atom stereocenters. The van der Waals surface area contributed by atoms with Gasteiger partial charge in [-0.25, -0.2) is 8.78 Å².